The smallest absolute Gasteiger partial charge is 0.115 e. The van der Waals surface area contributed by atoms with Gasteiger partial charge in [-0.15, -0.1) is 0 Å². The summed E-state index contributed by atoms with van der Waals surface area (Å²) in [7, 11) is 0. The molecule has 2 rings (SSSR count). The van der Waals surface area contributed by atoms with Crippen molar-refractivity contribution in [2.24, 2.45) is 11.7 Å². The number of aromatic hydroxyl groups is 1. The highest BCUT2D eigenvalue weighted by Gasteiger charge is 2.28. The molecule has 2 atom stereocenters. The van der Waals surface area contributed by atoms with Crippen LogP contribution in [0, 0.1) is 5.92 Å². The first-order chi connectivity index (χ1) is 7.68. The lowest BCUT2D eigenvalue weighted by molar-refractivity contribution is 0.0845. The zero-order chi connectivity index (χ0) is 11.5. The van der Waals surface area contributed by atoms with Crippen molar-refractivity contribution in [2.75, 3.05) is 0 Å². The fourth-order valence-corrected chi connectivity index (χ4v) is 2.49. The molecule has 3 heteroatoms. The molecule has 88 valence electrons. The van der Waals surface area contributed by atoms with E-state index >= 15 is 0 Å². The molecular weight excluding hydrogens is 202 g/mol. The van der Waals surface area contributed by atoms with Crippen molar-refractivity contribution in [2.45, 2.75) is 37.8 Å². The number of hydrogen-bond donors (Lipinski definition) is 3. The number of phenolic OH excluding ortho intramolecular Hbond substituents is 1. The predicted molar refractivity (Wildman–Crippen MR) is 63.0 cm³/mol. The van der Waals surface area contributed by atoms with E-state index in [0.717, 1.165) is 18.4 Å². The number of rotatable bonds is 3. The quantitative estimate of drug-likeness (QED) is 0.730. The Morgan fingerprint density at radius 3 is 2.25 bits per heavy atom. The van der Waals surface area contributed by atoms with Gasteiger partial charge in [-0.25, -0.2) is 0 Å². The van der Waals surface area contributed by atoms with E-state index in [1.807, 2.05) is 0 Å². The van der Waals surface area contributed by atoms with Crippen LogP contribution in [0.15, 0.2) is 24.3 Å². The van der Waals surface area contributed by atoms with Gasteiger partial charge in [0.05, 0.1) is 12.1 Å². The van der Waals surface area contributed by atoms with E-state index in [1.54, 1.807) is 24.3 Å². The molecule has 0 aromatic heterocycles. The molecule has 1 aliphatic rings. The third kappa shape index (κ3) is 2.36. The fraction of sp³-hybridized carbons (Fsp3) is 0.538. The Hall–Kier alpha value is -1.06. The van der Waals surface area contributed by atoms with E-state index in [0.29, 0.717) is 5.92 Å². The second kappa shape index (κ2) is 4.85. The summed E-state index contributed by atoms with van der Waals surface area (Å²) in [6.45, 7) is 0. The van der Waals surface area contributed by atoms with Crippen molar-refractivity contribution in [3.8, 4) is 5.75 Å². The first kappa shape index (κ1) is 11.4. The Morgan fingerprint density at radius 2 is 1.69 bits per heavy atom. The molecule has 16 heavy (non-hydrogen) atoms. The number of benzene rings is 1. The van der Waals surface area contributed by atoms with Gasteiger partial charge < -0.3 is 15.9 Å². The third-order valence-corrected chi connectivity index (χ3v) is 3.53. The Balaban J connectivity index is 2.05. The average molecular weight is 221 g/mol. The van der Waals surface area contributed by atoms with Crippen molar-refractivity contribution >= 4 is 0 Å². The molecule has 0 unspecified atom stereocenters. The molecule has 0 heterocycles. The van der Waals surface area contributed by atoms with Crippen LogP contribution in [0.5, 0.6) is 5.75 Å². The third-order valence-electron chi connectivity index (χ3n) is 3.53. The van der Waals surface area contributed by atoms with Crippen LogP contribution < -0.4 is 5.73 Å². The zero-order valence-corrected chi connectivity index (χ0v) is 9.34. The molecule has 1 aromatic rings. The van der Waals surface area contributed by atoms with Crippen molar-refractivity contribution in [1.29, 1.82) is 0 Å². The summed E-state index contributed by atoms with van der Waals surface area (Å²) in [4.78, 5) is 0. The van der Waals surface area contributed by atoms with Gasteiger partial charge >= 0.3 is 0 Å². The Morgan fingerprint density at radius 1 is 1.12 bits per heavy atom. The average Bonchev–Trinajstić information content (AvgIpc) is 2.81. The van der Waals surface area contributed by atoms with Gasteiger partial charge in [-0.2, -0.15) is 0 Å². The number of hydrogen-bond acceptors (Lipinski definition) is 3. The first-order valence-electron chi connectivity index (χ1n) is 5.91. The van der Waals surface area contributed by atoms with Crippen LogP contribution in [0.4, 0.5) is 0 Å². The number of aliphatic hydroxyl groups is 1. The van der Waals surface area contributed by atoms with E-state index in [9.17, 15) is 10.2 Å². The summed E-state index contributed by atoms with van der Waals surface area (Å²) in [5.74, 6) is 0.565. The summed E-state index contributed by atoms with van der Waals surface area (Å²) >= 11 is 0. The summed E-state index contributed by atoms with van der Waals surface area (Å²) < 4.78 is 0. The number of aliphatic hydroxyl groups excluding tert-OH is 1. The van der Waals surface area contributed by atoms with E-state index in [-0.39, 0.29) is 11.8 Å². The minimum Gasteiger partial charge on any atom is -0.508 e. The fourth-order valence-electron chi connectivity index (χ4n) is 2.49. The zero-order valence-electron chi connectivity index (χ0n) is 9.34. The van der Waals surface area contributed by atoms with Gasteiger partial charge in [-0.3, -0.25) is 0 Å². The largest absolute Gasteiger partial charge is 0.508 e. The van der Waals surface area contributed by atoms with Crippen LogP contribution in [0.2, 0.25) is 0 Å². The van der Waals surface area contributed by atoms with E-state index in [4.69, 9.17) is 5.73 Å². The molecular formula is C13H19NO2. The molecule has 1 fully saturated rings. The molecule has 0 amide bonds. The van der Waals surface area contributed by atoms with Crippen LogP contribution in [0.3, 0.4) is 0 Å². The Kier molecular flexibility index (Phi) is 3.46. The minimum absolute atomic E-state index is 0.228. The molecule has 0 bridgehead atoms. The molecule has 1 saturated carbocycles. The maximum Gasteiger partial charge on any atom is 0.115 e. The SMILES string of the molecule is N[C@@H](c1ccc(O)cc1)[C@H](O)C1CCCC1. The molecule has 3 nitrogen and oxygen atoms in total. The first-order valence-corrected chi connectivity index (χ1v) is 5.91. The molecule has 0 aliphatic heterocycles. The predicted octanol–water partition coefficient (Wildman–Crippen LogP) is 1.94. The van der Waals surface area contributed by atoms with Crippen molar-refractivity contribution in [1.82, 2.24) is 0 Å². The summed E-state index contributed by atoms with van der Waals surface area (Å²) in [5, 5.41) is 19.3. The molecule has 4 N–H and O–H groups in total. The lowest BCUT2D eigenvalue weighted by Crippen LogP contribution is -2.31. The van der Waals surface area contributed by atoms with Gasteiger partial charge in [0.1, 0.15) is 5.75 Å². The van der Waals surface area contributed by atoms with Gasteiger partial charge in [-0.05, 0) is 36.5 Å². The van der Waals surface area contributed by atoms with Gasteiger partial charge in [0.2, 0.25) is 0 Å². The number of nitrogens with two attached hydrogens (primary N) is 1. The lowest BCUT2D eigenvalue weighted by atomic mass is 9.91. The molecule has 0 spiro atoms. The standard InChI is InChI=1S/C13H19NO2/c14-12(9-5-7-11(15)8-6-9)13(16)10-3-1-2-4-10/h5-8,10,12-13,15-16H,1-4,14H2/t12-,13+/m0/s1. The van der Waals surface area contributed by atoms with Gasteiger partial charge in [0.25, 0.3) is 0 Å². The van der Waals surface area contributed by atoms with E-state index in [2.05, 4.69) is 0 Å². The maximum absolute atomic E-state index is 10.2. The second-order valence-corrected chi connectivity index (χ2v) is 4.65. The summed E-state index contributed by atoms with van der Waals surface area (Å²) in [6.07, 6.45) is 4.08. The Labute approximate surface area is 95.9 Å². The van der Waals surface area contributed by atoms with Crippen LogP contribution in [0.25, 0.3) is 0 Å². The highest BCUT2D eigenvalue weighted by atomic mass is 16.3. The van der Waals surface area contributed by atoms with Crippen molar-refractivity contribution < 1.29 is 10.2 Å². The normalized spacial score (nSPS) is 20.9. The van der Waals surface area contributed by atoms with E-state index < -0.39 is 6.10 Å². The molecule has 1 aliphatic carbocycles. The van der Waals surface area contributed by atoms with Crippen LogP contribution in [-0.2, 0) is 0 Å². The molecule has 1 aromatic carbocycles. The summed E-state index contributed by atoms with van der Waals surface area (Å²) in [6, 6.07) is 6.42. The van der Waals surface area contributed by atoms with Crippen molar-refractivity contribution in [3.63, 3.8) is 0 Å². The monoisotopic (exact) mass is 221 g/mol. The van der Waals surface area contributed by atoms with Crippen LogP contribution in [-0.4, -0.2) is 16.3 Å². The maximum atomic E-state index is 10.2. The lowest BCUT2D eigenvalue weighted by Gasteiger charge is -2.24. The van der Waals surface area contributed by atoms with E-state index in [1.165, 1.54) is 12.8 Å². The van der Waals surface area contributed by atoms with Gasteiger partial charge in [-0.1, -0.05) is 25.0 Å². The van der Waals surface area contributed by atoms with Gasteiger partial charge in [0.15, 0.2) is 0 Å². The second-order valence-electron chi connectivity index (χ2n) is 4.65. The molecule has 0 radical (unpaired) electrons. The highest BCUT2D eigenvalue weighted by Crippen LogP contribution is 2.32. The number of phenols is 1. The Bertz CT molecular complexity index is 330. The minimum atomic E-state index is -0.466. The van der Waals surface area contributed by atoms with Crippen molar-refractivity contribution in [3.05, 3.63) is 29.8 Å². The molecule has 0 saturated heterocycles. The van der Waals surface area contributed by atoms with Crippen LogP contribution in [0.1, 0.15) is 37.3 Å². The summed E-state index contributed by atoms with van der Waals surface area (Å²) in [5.41, 5.74) is 6.92. The topological polar surface area (TPSA) is 66.5 Å². The van der Waals surface area contributed by atoms with Gasteiger partial charge in [0, 0.05) is 0 Å². The highest BCUT2D eigenvalue weighted by molar-refractivity contribution is 5.28. The van der Waals surface area contributed by atoms with Crippen LogP contribution >= 0.6 is 0 Å².